The molecule has 1 N–H and O–H groups in total. The smallest absolute Gasteiger partial charge is 0.304 e. The van der Waals surface area contributed by atoms with E-state index in [1.807, 2.05) is 0 Å². The monoisotopic (exact) mass is 210 g/mol. The number of carboxylic acid groups (broad SMARTS) is 1. The summed E-state index contributed by atoms with van der Waals surface area (Å²) in [6.07, 6.45) is -0.197. The van der Waals surface area contributed by atoms with Gasteiger partial charge in [-0.1, -0.05) is 6.07 Å². The van der Waals surface area contributed by atoms with Gasteiger partial charge in [0, 0.05) is 17.5 Å². The minimum Gasteiger partial charge on any atom is -0.490 e. The van der Waals surface area contributed by atoms with E-state index in [1.54, 1.807) is 13.0 Å². The van der Waals surface area contributed by atoms with E-state index < -0.39 is 5.97 Å². The molecule has 1 aliphatic rings. The van der Waals surface area contributed by atoms with E-state index in [-0.39, 0.29) is 24.3 Å². The van der Waals surface area contributed by atoms with Crippen LogP contribution in [0.3, 0.4) is 0 Å². The largest absolute Gasteiger partial charge is 0.490 e. The Kier molecular flexibility index (Phi) is 2.34. The standard InChI is InChI=1S/C11H11FO3/c1-6-9(5-11(13)14)8-3-2-7(12)4-10(8)15-6/h2-4,6,9H,5H2,1H3,(H,13,14). The van der Waals surface area contributed by atoms with Crippen molar-refractivity contribution in [3.05, 3.63) is 29.6 Å². The highest BCUT2D eigenvalue weighted by molar-refractivity contribution is 5.69. The summed E-state index contributed by atoms with van der Waals surface area (Å²) >= 11 is 0. The van der Waals surface area contributed by atoms with Gasteiger partial charge in [0.15, 0.2) is 0 Å². The van der Waals surface area contributed by atoms with Crippen molar-refractivity contribution >= 4 is 5.97 Å². The molecule has 0 saturated heterocycles. The number of aliphatic carboxylic acids is 1. The van der Waals surface area contributed by atoms with Gasteiger partial charge >= 0.3 is 5.97 Å². The molecule has 0 aromatic heterocycles. The molecule has 15 heavy (non-hydrogen) atoms. The number of rotatable bonds is 2. The van der Waals surface area contributed by atoms with Crippen molar-refractivity contribution in [3.8, 4) is 5.75 Å². The second kappa shape index (κ2) is 3.53. The number of halogens is 1. The van der Waals surface area contributed by atoms with E-state index in [1.165, 1.54) is 12.1 Å². The third-order valence-corrected chi connectivity index (χ3v) is 2.65. The molecule has 1 aliphatic heterocycles. The van der Waals surface area contributed by atoms with Crippen LogP contribution in [0.4, 0.5) is 4.39 Å². The van der Waals surface area contributed by atoms with E-state index in [4.69, 9.17) is 9.84 Å². The summed E-state index contributed by atoms with van der Waals surface area (Å²) in [5.74, 6) is -0.948. The fraction of sp³-hybridized carbons (Fsp3) is 0.364. The van der Waals surface area contributed by atoms with Gasteiger partial charge in [-0.15, -0.1) is 0 Å². The van der Waals surface area contributed by atoms with Crippen LogP contribution in [-0.2, 0) is 4.79 Å². The van der Waals surface area contributed by atoms with Crippen molar-refractivity contribution in [3.63, 3.8) is 0 Å². The Morgan fingerprint density at radius 2 is 2.33 bits per heavy atom. The predicted molar refractivity (Wildman–Crippen MR) is 51.5 cm³/mol. The van der Waals surface area contributed by atoms with Gasteiger partial charge in [-0.05, 0) is 13.0 Å². The SMILES string of the molecule is CC1Oc2cc(F)ccc2C1CC(=O)O. The first-order valence-electron chi connectivity index (χ1n) is 4.76. The summed E-state index contributed by atoms with van der Waals surface area (Å²) in [6.45, 7) is 1.80. The highest BCUT2D eigenvalue weighted by atomic mass is 19.1. The zero-order chi connectivity index (χ0) is 11.0. The average molecular weight is 210 g/mol. The fourth-order valence-electron chi connectivity index (χ4n) is 1.92. The van der Waals surface area contributed by atoms with Crippen LogP contribution in [0.25, 0.3) is 0 Å². The Morgan fingerprint density at radius 1 is 1.60 bits per heavy atom. The van der Waals surface area contributed by atoms with Crippen molar-refractivity contribution in [1.29, 1.82) is 0 Å². The van der Waals surface area contributed by atoms with Gasteiger partial charge in [0.05, 0.1) is 6.42 Å². The first-order valence-corrected chi connectivity index (χ1v) is 4.76. The maximum Gasteiger partial charge on any atom is 0.304 e. The molecule has 0 amide bonds. The maximum atomic E-state index is 12.9. The van der Waals surface area contributed by atoms with Crippen molar-refractivity contribution in [1.82, 2.24) is 0 Å². The molecule has 2 atom stereocenters. The molecule has 3 nitrogen and oxygen atoms in total. The number of carbonyl (C=O) groups is 1. The Labute approximate surface area is 86.5 Å². The zero-order valence-electron chi connectivity index (χ0n) is 8.24. The lowest BCUT2D eigenvalue weighted by Crippen LogP contribution is -2.17. The lowest BCUT2D eigenvalue weighted by molar-refractivity contribution is -0.137. The molecule has 1 heterocycles. The first kappa shape index (κ1) is 9.96. The van der Waals surface area contributed by atoms with Crippen molar-refractivity contribution < 1.29 is 19.0 Å². The summed E-state index contributed by atoms with van der Waals surface area (Å²) in [5, 5.41) is 8.74. The highest BCUT2D eigenvalue weighted by Gasteiger charge is 2.32. The van der Waals surface area contributed by atoms with Gasteiger partial charge < -0.3 is 9.84 Å². The summed E-state index contributed by atoms with van der Waals surface area (Å²) in [4.78, 5) is 10.6. The minimum absolute atomic E-state index is 0.0137. The van der Waals surface area contributed by atoms with Gasteiger partial charge in [-0.25, -0.2) is 4.39 Å². The topological polar surface area (TPSA) is 46.5 Å². The molecule has 0 bridgehead atoms. The summed E-state index contributed by atoms with van der Waals surface area (Å²) in [5.41, 5.74) is 0.784. The molecule has 2 rings (SSSR count). The quantitative estimate of drug-likeness (QED) is 0.813. The van der Waals surface area contributed by atoms with Gasteiger partial charge in [-0.3, -0.25) is 4.79 Å². The molecule has 0 radical (unpaired) electrons. The summed E-state index contributed by atoms with van der Waals surface area (Å²) in [7, 11) is 0. The molecule has 2 unspecified atom stereocenters. The molecule has 1 aromatic rings. The van der Waals surface area contributed by atoms with Crippen molar-refractivity contribution in [2.45, 2.75) is 25.4 Å². The molecule has 4 heteroatoms. The number of carboxylic acids is 1. The number of fused-ring (bicyclic) bond motifs is 1. The number of hydrogen-bond acceptors (Lipinski definition) is 2. The van der Waals surface area contributed by atoms with E-state index in [0.29, 0.717) is 5.75 Å². The normalized spacial score (nSPS) is 23.3. The lowest BCUT2D eigenvalue weighted by Gasteiger charge is -2.11. The maximum absolute atomic E-state index is 12.9. The number of ether oxygens (including phenoxy) is 1. The average Bonchev–Trinajstić information content (AvgIpc) is 2.41. The Balaban J connectivity index is 2.33. The van der Waals surface area contributed by atoms with Crippen molar-refractivity contribution in [2.24, 2.45) is 0 Å². The van der Waals surface area contributed by atoms with E-state index in [9.17, 15) is 9.18 Å². The number of hydrogen-bond donors (Lipinski definition) is 1. The van der Waals surface area contributed by atoms with Crippen LogP contribution in [0, 0.1) is 5.82 Å². The molecule has 80 valence electrons. The fourth-order valence-corrected chi connectivity index (χ4v) is 1.92. The van der Waals surface area contributed by atoms with Crippen molar-refractivity contribution in [2.75, 3.05) is 0 Å². The second-order valence-electron chi connectivity index (χ2n) is 3.71. The highest BCUT2D eigenvalue weighted by Crippen LogP contribution is 2.40. The summed E-state index contributed by atoms with van der Waals surface area (Å²) in [6, 6.07) is 4.23. The Morgan fingerprint density at radius 3 is 3.00 bits per heavy atom. The van der Waals surface area contributed by atoms with Crippen LogP contribution in [0.5, 0.6) is 5.75 Å². The van der Waals surface area contributed by atoms with E-state index in [0.717, 1.165) is 5.56 Å². The summed E-state index contributed by atoms with van der Waals surface area (Å²) < 4.78 is 18.3. The molecule has 0 spiro atoms. The lowest BCUT2D eigenvalue weighted by atomic mass is 9.93. The zero-order valence-corrected chi connectivity index (χ0v) is 8.24. The minimum atomic E-state index is -0.868. The van der Waals surface area contributed by atoms with Crippen LogP contribution in [0.15, 0.2) is 18.2 Å². The Bertz CT molecular complexity index is 403. The van der Waals surface area contributed by atoms with E-state index >= 15 is 0 Å². The van der Waals surface area contributed by atoms with Gasteiger partial charge in [0.2, 0.25) is 0 Å². The van der Waals surface area contributed by atoms with Crippen LogP contribution in [0.1, 0.15) is 24.8 Å². The third kappa shape index (κ3) is 1.79. The molecule has 0 fully saturated rings. The van der Waals surface area contributed by atoms with Gasteiger partial charge in [-0.2, -0.15) is 0 Å². The van der Waals surface area contributed by atoms with Crippen LogP contribution >= 0.6 is 0 Å². The number of benzene rings is 1. The molecule has 0 aliphatic carbocycles. The Hall–Kier alpha value is -1.58. The molecular weight excluding hydrogens is 199 g/mol. The molecule has 0 saturated carbocycles. The van der Waals surface area contributed by atoms with E-state index in [2.05, 4.69) is 0 Å². The third-order valence-electron chi connectivity index (χ3n) is 2.65. The van der Waals surface area contributed by atoms with Gasteiger partial charge in [0.25, 0.3) is 0 Å². The first-order chi connectivity index (χ1) is 7.08. The van der Waals surface area contributed by atoms with Crippen LogP contribution in [0.2, 0.25) is 0 Å². The predicted octanol–water partition coefficient (Wildman–Crippen LogP) is 2.16. The van der Waals surface area contributed by atoms with Gasteiger partial charge in [0.1, 0.15) is 17.7 Å². The molecular formula is C11H11FO3. The van der Waals surface area contributed by atoms with Crippen LogP contribution in [-0.4, -0.2) is 17.2 Å². The van der Waals surface area contributed by atoms with Crippen LogP contribution < -0.4 is 4.74 Å². The second-order valence-corrected chi connectivity index (χ2v) is 3.71. The molecule has 1 aromatic carbocycles.